The molecule has 0 radical (unpaired) electrons. The van der Waals surface area contributed by atoms with E-state index in [1.165, 1.54) is 6.08 Å². The van der Waals surface area contributed by atoms with Gasteiger partial charge in [-0.15, -0.1) is 16.8 Å². The quantitative estimate of drug-likeness (QED) is 0.654. The monoisotopic (exact) mass is 364 g/mol. The summed E-state index contributed by atoms with van der Waals surface area (Å²) in [6, 6.07) is 0.792. The molecule has 1 N–H and O–H groups in total. The SMILES string of the molecule is C=CCNC(=O)C(C)Sc1nnc2c(Cl)cc(C(F)(F)F)cn12. The van der Waals surface area contributed by atoms with E-state index in [1.807, 2.05) is 0 Å². The Kier molecular flexibility index (Phi) is 5.20. The van der Waals surface area contributed by atoms with Crippen LogP contribution >= 0.6 is 23.4 Å². The minimum Gasteiger partial charge on any atom is -0.352 e. The van der Waals surface area contributed by atoms with Crippen LogP contribution < -0.4 is 5.32 Å². The summed E-state index contributed by atoms with van der Waals surface area (Å²) < 4.78 is 39.7. The summed E-state index contributed by atoms with van der Waals surface area (Å²) in [5.74, 6) is -0.287. The van der Waals surface area contributed by atoms with Crippen LogP contribution in [0.3, 0.4) is 0 Å². The average Bonchev–Trinajstić information content (AvgIpc) is 2.87. The van der Waals surface area contributed by atoms with Gasteiger partial charge < -0.3 is 5.32 Å². The van der Waals surface area contributed by atoms with Crippen LogP contribution in [-0.4, -0.2) is 32.3 Å². The van der Waals surface area contributed by atoms with E-state index in [-0.39, 0.29) is 21.7 Å². The molecule has 0 aromatic carbocycles. The number of pyridine rings is 1. The van der Waals surface area contributed by atoms with Crippen molar-refractivity contribution in [2.45, 2.75) is 23.5 Å². The molecule has 0 saturated carbocycles. The maximum absolute atomic E-state index is 12.9. The molecule has 0 saturated heterocycles. The van der Waals surface area contributed by atoms with Crippen LogP contribution in [-0.2, 0) is 11.0 Å². The van der Waals surface area contributed by atoms with E-state index in [1.54, 1.807) is 6.92 Å². The smallest absolute Gasteiger partial charge is 0.352 e. The van der Waals surface area contributed by atoms with Gasteiger partial charge in [-0.2, -0.15) is 13.2 Å². The number of aromatic nitrogens is 3. The molecule has 2 rings (SSSR count). The fraction of sp³-hybridized carbons (Fsp3) is 0.308. The van der Waals surface area contributed by atoms with Gasteiger partial charge in [0.2, 0.25) is 5.91 Å². The van der Waals surface area contributed by atoms with Crippen LogP contribution in [0.5, 0.6) is 0 Å². The van der Waals surface area contributed by atoms with E-state index >= 15 is 0 Å². The van der Waals surface area contributed by atoms with Gasteiger partial charge in [-0.05, 0) is 13.0 Å². The molecular weight excluding hydrogens is 353 g/mol. The third kappa shape index (κ3) is 3.97. The molecule has 23 heavy (non-hydrogen) atoms. The van der Waals surface area contributed by atoms with E-state index in [4.69, 9.17) is 11.6 Å². The Labute approximate surface area is 138 Å². The van der Waals surface area contributed by atoms with Crippen molar-refractivity contribution in [1.82, 2.24) is 19.9 Å². The van der Waals surface area contributed by atoms with Gasteiger partial charge in [0.15, 0.2) is 10.8 Å². The lowest BCUT2D eigenvalue weighted by atomic mass is 10.3. The van der Waals surface area contributed by atoms with Crippen molar-refractivity contribution in [3.05, 3.63) is 35.5 Å². The summed E-state index contributed by atoms with van der Waals surface area (Å²) in [6.45, 7) is 5.39. The number of amides is 1. The number of rotatable bonds is 5. The largest absolute Gasteiger partial charge is 0.417 e. The Morgan fingerprint density at radius 3 is 2.87 bits per heavy atom. The predicted molar refractivity (Wildman–Crippen MR) is 81.5 cm³/mol. The Morgan fingerprint density at radius 1 is 1.57 bits per heavy atom. The number of hydrogen-bond donors (Lipinski definition) is 1. The second-order valence-electron chi connectivity index (χ2n) is 4.54. The van der Waals surface area contributed by atoms with Crippen molar-refractivity contribution in [2.24, 2.45) is 0 Å². The maximum atomic E-state index is 12.9. The number of alkyl halides is 3. The van der Waals surface area contributed by atoms with Crippen molar-refractivity contribution in [2.75, 3.05) is 6.54 Å². The molecule has 0 aliphatic carbocycles. The summed E-state index contributed by atoms with van der Waals surface area (Å²) >= 11 is 6.81. The first-order valence-corrected chi connectivity index (χ1v) is 7.66. The average molecular weight is 365 g/mol. The Hall–Kier alpha value is -1.74. The summed E-state index contributed by atoms with van der Waals surface area (Å²) in [5.41, 5.74) is -0.818. The molecule has 1 unspecified atom stereocenters. The van der Waals surface area contributed by atoms with Crippen molar-refractivity contribution in [3.63, 3.8) is 0 Å². The summed E-state index contributed by atoms with van der Waals surface area (Å²) in [5, 5.41) is 9.58. The molecule has 1 atom stereocenters. The molecule has 2 heterocycles. The number of thioether (sulfide) groups is 1. The molecule has 5 nitrogen and oxygen atoms in total. The number of nitrogens with zero attached hydrogens (tertiary/aromatic N) is 3. The first kappa shape index (κ1) is 17.6. The van der Waals surface area contributed by atoms with Gasteiger partial charge in [0.1, 0.15) is 0 Å². The van der Waals surface area contributed by atoms with Gasteiger partial charge in [0.05, 0.1) is 15.8 Å². The topological polar surface area (TPSA) is 59.3 Å². The molecule has 0 spiro atoms. The summed E-state index contributed by atoms with van der Waals surface area (Å²) in [7, 11) is 0. The van der Waals surface area contributed by atoms with Crippen molar-refractivity contribution in [3.8, 4) is 0 Å². The molecule has 0 fully saturated rings. The van der Waals surface area contributed by atoms with Gasteiger partial charge in [-0.25, -0.2) is 0 Å². The van der Waals surface area contributed by atoms with E-state index in [0.717, 1.165) is 28.4 Å². The predicted octanol–water partition coefficient (Wildman–Crippen LogP) is 3.18. The lowest BCUT2D eigenvalue weighted by molar-refractivity contribution is -0.137. The highest BCUT2D eigenvalue weighted by atomic mass is 35.5. The van der Waals surface area contributed by atoms with Crippen LogP contribution in [0.15, 0.2) is 30.1 Å². The van der Waals surface area contributed by atoms with Crippen LogP contribution in [0.1, 0.15) is 12.5 Å². The van der Waals surface area contributed by atoms with E-state index in [0.29, 0.717) is 6.54 Å². The van der Waals surface area contributed by atoms with E-state index in [9.17, 15) is 18.0 Å². The third-order valence-corrected chi connectivity index (χ3v) is 4.16. The standard InChI is InChI=1S/C13H12ClF3N4OS/c1-3-4-18-11(22)7(2)23-12-20-19-10-9(14)5-8(6-21(10)12)13(15,16)17/h3,5-7H,1,4H2,2H3,(H,18,22). The highest BCUT2D eigenvalue weighted by molar-refractivity contribution is 8.00. The van der Waals surface area contributed by atoms with Gasteiger partial charge in [-0.3, -0.25) is 9.20 Å². The fourth-order valence-corrected chi connectivity index (χ4v) is 2.79. The second kappa shape index (κ2) is 6.79. The first-order chi connectivity index (χ1) is 10.7. The fourth-order valence-electron chi connectivity index (χ4n) is 1.70. The van der Waals surface area contributed by atoms with E-state index < -0.39 is 17.0 Å². The molecule has 10 heteroatoms. The zero-order valence-electron chi connectivity index (χ0n) is 11.9. The Bertz CT molecular complexity index is 747. The number of hydrogen-bond acceptors (Lipinski definition) is 4. The molecule has 2 aromatic heterocycles. The third-order valence-electron chi connectivity index (χ3n) is 2.83. The highest BCUT2D eigenvalue weighted by Crippen LogP contribution is 2.33. The van der Waals surface area contributed by atoms with Gasteiger partial charge in [0, 0.05) is 12.7 Å². The van der Waals surface area contributed by atoms with Gasteiger partial charge >= 0.3 is 6.18 Å². The Balaban J connectivity index is 2.33. The number of carbonyl (C=O) groups excluding carboxylic acids is 1. The highest BCUT2D eigenvalue weighted by Gasteiger charge is 2.32. The number of carbonyl (C=O) groups is 1. The second-order valence-corrected chi connectivity index (χ2v) is 6.26. The van der Waals surface area contributed by atoms with Crippen LogP contribution in [0, 0.1) is 0 Å². The number of nitrogens with one attached hydrogen (secondary N) is 1. The maximum Gasteiger partial charge on any atom is 0.417 e. The normalized spacial score (nSPS) is 13.1. The summed E-state index contributed by atoms with van der Waals surface area (Å²) in [4.78, 5) is 11.8. The molecule has 1 amide bonds. The molecule has 2 aromatic rings. The molecule has 0 aliphatic rings. The zero-order valence-corrected chi connectivity index (χ0v) is 13.5. The van der Waals surface area contributed by atoms with Gasteiger partial charge in [0.25, 0.3) is 0 Å². The Morgan fingerprint density at radius 2 is 2.26 bits per heavy atom. The summed E-state index contributed by atoms with van der Waals surface area (Å²) in [6.07, 6.45) is -2.16. The van der Waals surface area contributed by atoms with Gasteiger partial charge in [-0.1, -0.05) is 29.4 Å². The van der Waals surface area contributed by atoms with Crippen molar-refractivity contribution < 1.29 is 18.0 Å². The molecule has 0 bridgehead atoms. The van der Waals surface area contributed by atoms with Crippen molar-refractivity contribution >= 4 is 34.9 Å². The first-order valence-electron chi connectivity index (χ1n) is 6.40. The van der Waals surface area contributed by atoms with E-state index in [2.05, 4.69) is 22.1 Å². The molecule has 0 aliphatic heterocycles. The number of fused-ring (bicyclic) bond motifs is 1. The molecular formula is C13H12ClF3N4OS. The minimum absolute atomic E-state index is 0.0980. The van der Waals surface area contributed by atoms with Crippen LogP contribution in [0.25, 0.3) is 5.65 Å². The minimum atomic E-state index is -4.54. The lowest BCUT2D eigenvalue weighted by Crippen LogP contribution is -2.31. The number of halogens is 4. The zero-order chi connectivity index (χ0) is 17.2. The van der Waals surface area contributed by atoms with Crippen molar-refractivity contribution in [1.29, 1.82) is 0 Å². The lowest BCUT2D eigenvalue weighted by Gasteiger charge is -2.11. The van der Waals surface area contributed by atoms with Crippen LogP contribution in [0.2, 0.25) is 5.02 Å². The molecule has 124 valence electrons. The van der Waals surface area contributed by atoms with Crippen LogP contribution in [0.4, 0.5) is 13.2 Å².